The summed E-state index contributed by atoms with van der Waals surface area (Å²) in [5.74, 6) is 1.41. The van der Waals surface area contributed by atoms with E-state index in [2.05, 4.69) is 17.6 Å². The average molecular weight is 313 g/mol. The van der Waals surface area contributed by atoms with Gasteiger partial charge < -0.3 is 15.4 Å². The molecular formula is C16H25ClN2O2. The van der Waals surface area contributed by atoms with Crippen LogP contribution in [0.1, 0.15) is 25.3 Å². The molecule has 1 aromatic rings. The van der Waals surface area contributed by atoms with Gasteiger partial charge in [-0.15, -0.1) is 12.4 Å². The number of nitrogens with one attached hydrogen (secondary N) is 2. The Morgan fingerprint density at radius 3 is 2.76 bits per heavy atom. The molecule has 2 N–H and O–H groups in total. The first-order valence-electron chi connectivity index (χ1n) is 7.47. The molecule has 1 fully saturated rings. The fraction of sp³-hybridized carbons (Fsp3) is 0.562. The predicted octanol–water partition coefficient (Wildman–Crippen LogP) is 2.17. The molecule has 0 aromatic heterocycles. The van der Waals surface area contributed by atoms with Crippen molar-refractivity contribution in [1.82, 2.24) is 10.6 Å². The van der Waals surface area contributed by atoms with E-state index >= 15 is 0 Å². The van der Waals surface area contributed by atoms with Crippen LogP contribution in [0.5, 0.6) is 5.75 Å². The summed E-state index contributed by atoms with van der Waals surface area (Å²) in [6.07, 6.45) is 3.27. The zero-order valence-electron chi connectivity index (χ0n) is 12.6. The molecule has 0 bridgehead atoms. The first-order valence-corrected chi connectivity index (χ1v) is 7.47. The maximum atomic E-state index is 11.7. The highest BCUT2D eigenvalue weighted by Gasteiger charge is 2.14. The Hall–Kier alpha value is -1.26. The van der Waals surface area contributed by atoms with Crippen molar-refractivity contribution in [3.8, 4) is 5.75 Å². The highest BCUT2D eigenvalue weighted by molar-refractivity contribution is 5.85. The van der Waals surface area contributed by atoms with Gasteiger partial charge >= 0.3 is 0 Å². The van der Waals surface area contributed by atoms with Crippen molar-refractivity contribution in [2.75, 3.05) is 26.2 Å². The molecule has 1 amide bonds. The second-order valence-corrected chi connectivity index (χ2v) is 5.28. The van der Waals surface area contributed by atoms with Crippen molar-refractivity contribution in [3.05, 3.63) is 29.8 Å². The third-order valence-corrected chi connectivity index (χ3v) is 3.74. The summed E-state index contributed by atoms with van der Waals surface area (Å²) in [7, 11) is 0. The Labute approximate surface area is 133 Å². The molecule has 5 heteroatoms. The Morgan fingerprint density at radius 1 is 1.38 bits per heavy atom. The summed E-state index contributed by atoms with van der Waals surface area (Å²) < 4.78 is 5.47. The number of aryl methyl sites for hydroxylation is 1. The molecule has 1 unspecified atom stereocenters. The smallest absolute Gasteiger partial charge is 0.257 e. The Kier molecular flexibility index (Phi) is 8.16. The van der Waals surface area contributed by atoms with E-state index in [1.54, 1.807) is 0 Å². The quantitative estimate of drug-likeness (QED) is 0.811. The molecule has 0 radical (unpaired) electrons. The fourth-order valence-corrected chi connectivity index (χ4v) is 2.40. The lowest BCUT2D eigenvalue weighted by Crippen LogP contribution is -2.30. The van der Waals surface area contributed by atoms with Crippen LogP contribution in [0.4, 0.5) is 0 Å². The monoisotopic (exact) mass is 312 g/mol. The highest BCUT2D eigenvalue weighted by atomic mass is 35.5. The maximum Gasteiger partial charge on any atom is 0.257 e. The van der Waals surface area contributed by atoms with Crippen LogP contribution >= 0.6 is 12.4 Å². The largest absolute Gasteiger partial charge is 0.484 e. The molecule has 4 nitrogen and oxygen atoms in total. The minimum Gasteiger partial charge on any atom is -0.484 e. The van der Waals surface area contributed by atoms with Gasteiger partial charge in [0.15, 0.2) is 6.61 Å². The van der Waals surface area contributed by atoms with Gasteiger partial charge in [-0.05, 0) is 56.0 Å². The number of hydrogen-bond acceptors (Lipinski definition) is 3. The van der Waals surface area contributed by atoms with Crippen molar-refractivity contribution < 1.29 is 9.53 Å². The summed E-state index contributed by atoms with van der Waals surface area (Å²) >= 11 is 0. The Morgan fingerprint density at radius 2 is 2.14 bits per heavy atom. The van der Waals surface area contributed by atoms with E-state index in [0.29, 0.717) is 5.92 Å². The average Bonchev–Trinajstić information content (AvgIpc) is 2.99. The van der Waals surface area contributed by atoms with Gasteiger partial charge in [-0.25, -0.2) is 0 Å². The standard InChI is InChI=1S/C16H24N2O2.ClH/c1-2-13-3-5-15(6-4-13)20-12-16(19)18-10-8-14-7-9-17-11-14;/h3-6,14,17H,2,7-12H2,1H3,(H,18,19);1H. The third-order valence-electron chi connectivity index (χ3n) is 3.74. The molecule has 1 aliphatic heterocycles. The molecule has 118 valence electrons. The van der Waals surface area contributed by atoms with Crippen LogP contribution in [0.25, 0.3) is 0 Å². The van der Waals surface area contributed by atoms with Gasteiger partial charge in [0, 0.05) is 6.54 Å². The van der Waals surface area contributed by atoms with Crippen LogP contribution in [0.3, 0.4) is 0 Å². The molecule has 1 saturated heterocycles. The van der Waals surface area contributed by atoms with Gasteiger partial charge in [0.05, 0.1) is 0 Å². The topological polar surface area (TPSA) is 50.4 Å². The van der Waals surface area contributed by atoms with E-state index in [1.807, 2.05) is 24.3 Å². The molecule has 21 heavy (non-hydrogen) atoms. The van der Waals surface area contributed by atoms with E-state index in [4.69, 9.17) is 4.74 Å². The van der Waals surface area contributed by atoms with Gasteiger partial charge in [-0.3, -0.25) is 4.79 Å². The lowest BCUT2D eigenvalue weighted by atomic mass is 10.1. The minimum atomic E-state index is -0.0458. The van der Waals surface area contributed by atoms with Crippen molar-refractivity contribution in [1.29, 1.82) is 0 Å². The first-order chi connectivity index (χ1) is 9.78. The van der Waals surface area contributed by atoms with Crippen LogP contribution in [-0.4, -0.2) is 32.1 Å². The SMILES string of the molecule is CCc1ccc(OCC(=O)NCCC2CCNC2)cc1.Cl. The van der Waals surface area contributed by atoms with Gasteiger partial charge in [-0.1, -0.05) is 19.1 Å². The molecule has 0 saturated carbocycles. The predicted molar refractivity (Wildman–Crippen MR) is 87.2 cm³/mol. The Balaban J connectivity index is 0.00000220. The number of carbonyl (C=O) groups is 1. The molecule has 0 spiro atoms. The van der Waals surface area contributed by atoms with E-state index in [0.717, 1.165) is 38.2 Å². The van der Waals surface area contributed by atoms with E-state index in [1.165, 1.54) is 12.0 Å². The van der Waals surface area contributed by atoms with Crippen LogP contribution in [-0.2, 0) is 11.2 Å². The first kappa shape index (κ1) is 17.8. The highest BCUT2D eigenvalue weighted by Crippen LogP contribution is 2.12. The van der Waals surface area contributed by atoms with Gasteiger partial charge in [0.2, 0.25) is 0 Å². The molecule has 1 aromatic carbocycles. The summed E-state index contributed by atoms with van der Waals surface area (Å²) in [6, 6.07) is 7.88. The summed E-state index contributed by atoms with van der Waals surface area (Å²) in [5.41, 5.74) is 1.27. The lowest BCUT2D eigenvalue weighted by Gasteiger charge is -2.10. The van der Waals surface area contributed by atoms with E-state index in [9.17, 15) is 4.79 Å². The van der Waals surface area contributed by atoms with Gasteiger partial charge in [0.25, 0.3) is 5.91 Å². The number of hydrogen-bond donors (Lipinski definition) is 2. The van der Waals surface area contributed by atoms with Crippen molar-refractivity contribution in [2.45, 2.75) is 26.2 Å². The molecule has 1 heterocycles. The van der Waals surface area contributed by atoms with Crippen molar-refractivity contribution in [3.63, 3.8) is 0 Å². The van der Waals surface area contributed by atoms with Crippen LogP contribution in [0.15, 0.2) is 24.3 Å². The zero-order valence-corrected chi connectivity index (χ0v) is 13.4. The maximum absolute atomic E-state index is 11.7. The van der Waals surface area contributed by atoms with E-state index < -0.39 is 0 Å². The van der Waals surface area contributed by atoms with Crippen LogP contribution in [0, 0.1) is 5.92 Å². The molecular weight excluding hydrogens is 288 g/mol. The number of ether oxygens (including phenoxy) is 1. The normalized spacial score (nSPS) is 17.1. The second-order valence-electron chi connectivity index (χ2n) is 5.28. The third kappa shape index (κ3) is 6.36. The fourth-order valence-electron chi connectivity index (χ4n) is 2.40. The summed E-state index contributed by atoms with van der Waals surface area (Å²) in [5, 5.41) is 6.24. The number of benzene rings is 1. The summed E-state index contributed by atoms with van der Waals surface area (Å²) in [6.45, 7) is 5.13. The lowest BCUT2D eigenvalue weighted by molar-refractivity contribution is -0.123. The Bertz CT molecular complexity index is 417. The number of carbonyl (C=O) groups excluding carboxylic acids is 1. The zero-order chi connectivity index (χ0) is 14.2. The number of amides is 1. The number of rotatable bonds is 7. The molecule has 0 aliphatic carbocycles. The van der Waals surface area contributed by atoms with Crippen molar-refractivity contribution >= 4 is 18.3 Å². The molecule has 1 atom stereocenters. The number of halogens is 1. The van der Waals surface area contributed by atoms with Crippen LogP contribution in [0.2, 0.25) is 0 Å². The molecule has 2 rings (SSSR count). The second kappa shape index (κ2) is 9.64. The molecule has 1 aliphatic rings. The minimum absolute atomic E-state index is 0. The summed E-state index contributed by atoms with van der Waals surface area (Å²) in [4.78, 5) is 11.7. The van der Waals surface area contributed by atoms with E-state index in [-0.39, 0.29) is 24.9 Å². The van der Waals surface area contributed by atoms with Gasteiger partial charge in [0.1, 0.15) is 5.75 Å². The van der Waals surface area contributed by atoms with Crippen molar-refractivity contribution in [2.24, 2.45) is 5.92 Å². The van der Waals surface area contributed by atoms with Crippen LogP contribution < -0.4 is 15.4 Å². The van der Waals surface area contributed by atoms with Gasteiger partial charge in [-0.2, -0.15) is 0 Å².